The Morgan fingerprint density at radius 1 is 0.321 bits per heavy atom. The van der Waals surface area contributed by atoms with E-state index in [4.69, 9.17) is 37.3 Å². The van der Waals surface area contributed by atoms with Gasteiger partial charge in [-0.1, -0.05) is 48.5 Å². The molecule has 0 aliphatic rings. The van der Waals surface area contributed by atoms with Crippen LogP contribution < -0.4 is 37.3 Å². The Labute approximate surface area is 377 Å². The van der Waals surface area contributed by atoms with Crippen molar-refractivity contribution in [2.24, 2.45) is 0 Å². The van der Waals surface area contributed by atoms with Gasteiger partial charge >= 0.3 is 44.8 Å². The fraction of sp³-hybridized carbons (Fsp3) is 0.111. The zero-order valence-electron chi connectivity index (χ0n) is 28.7. The average molecular weight is 1060 g/mol. The normalized spacial score (nSPS) is 10.4. The quantitative estimate of drug-likeness (QED) is 0.121. The van der Waals surface area contributed by atoms with Crippen LogP contribution in [0.5, 0.6) is 0 Å². The van der Waals surface area contributed by atoms with Crippen molar-refractivity contribution < 1.29 is 103 Å². The first-order valence-corrected chi connectivity index (χ1v) is 21.7. The molecule has 0 unspecified atom stereocenters. The first kappa shape index (κ1) is 52.2. The van der Waals surface area contributed by atoms with Gasteiger partial charge in [0, 0.05) is 92.2 Å². The molecule has 0 bridgehead atoms. The van der Waals surface area contributed by atoms with Gasteiger partial charge in [-0.05, 0) is 70.8 Å². The molecule has 0 saturated carbocycles. The molecule has 0 amide bonds. The zero-order chi connectivity index (χ0) is 39.1. The monoisotopic (exact) mass is 1060 g/mol. The van der Waals surface area contributed by atoms with Crippen LogP contribution in [0.2, 0.25) is 0 Å². The summed E-state index contributed by atoms with van der Waals surface area (Å²) in [6.07, 6.45) is 14.7. The van der Waals surface area contributed by atoms with Crippen molar-refractivity contribution in [3.8, 4) is 0 Å². The van der Waals surface area contributed by atoms with Crippen LogP contribution >= 0.6 is 47.0 Å². The van der Waals surface area contributed by atoms with Gasteiger partial charge in [-0.15, -0.1) is 67.5 Å². The first-order chi connectivity index (χ1) is 25.8. The van der Waals surface area contributed by atoms with E-state index in [1.165, 1.54) is 41.8 Å². The number of thioether (sulfide) groups is 4. The molecule has 56 heavy (non-hydrogen) atoms. The minimum Gasteiger partial charge on any atom is -0.265 e. The summed E-state index contributed by atoms with van der Waals surface area (Å²) in [5.41, 5.74) is 5.58. The molecule has 4 aromatic heterocycles. The third-order valence-electron chi connectivity index (χ3n) is 6.41. The molecule has 0 N–H and O–H groups in total. The fourth-order valence-corrected chi connectivity index (χ4v) is 7.73. The van der Waals surface area contributed by atoms with Gasteiger partial charge in [0.1, 0.15) is 0 Å². The predicted octanol–water partition coefficient (Wildman–Crippen LogP) is 0.605. The predicted molar refractivity (Wildman–Crippen MR) is 188 cm³/mol. The maximum absolute atomic E-state index is 8.49. The number of pyridine rings is 4. The van der Waals surface area contributed by atoms with E-state index in [9.17, 15) is 0 Å². The molecule has 304 valence electrons. The second kappa shape index (κ2) is 29.4. The van der Waals surface area contributed by atoms with Crippen molar-refractivity contribution in [1.29, 1.82) is 0 Å². The second-order valence-corrected chi connectivity index (χ2v) is 15.9. The Kier molecular flexibility index (Phi) is 27.4. The van der Waals surface area contributed by atoms with Gasteiger partial charge in [-0.3, -0.25) is 19.9 Å². The van der Waals surface area contributed by atoms with Crippen molar-refractivity contribution in [2.75, 3.05) is 0 Å². The largest absolute Gasteiger partial charge is 1.00 e. The number of aromatic nitrogens is 4. The van der Waals surface area contributed by atoms with Crippen molar-refractivity contribution in [3.05, 3.63) is 169 Å². The Hall–Kier alpha value is -1.82. The molecule has 4 heterocycles. The van der Waals surface area contributed by atoms with Crippen LogP contribution in [0.4, 0.5) is 0 Å². The van der Waals surface area contributed by atoms with Crippen LogP contribution in [-0.2, 0) is 67.8 Å². The molecule has 0 saturated heterocycles. The summed E-state index contributed by atoms with van der Waals surface area (Å²) in [6, 6.07) is 33.8. The number of halogens is 2. The molecule has 6 rings (SSSR count). The maximum Gasteiger partial charge on any atom is 1.00 e. The Bertz CT molecular complexity index is 1620. The summed E-state index contributed by atoms with van der Waals surface area (Å²) >= 11 is 7.40. The molecule has 0 aliphatic carbocycles. The van der Waals surface area contributed by atoms with Gasteiger partial charge in [0.05, 0.1) is 0 Å². The molecule has 0 fully saturated rings. The van der Waals surface area contributed by atoms with Crippen molar-refractivity contribution in [1.82, 2.24) is 19.9 Å². The summed E-state index contributed by atoms with van der Waals surface area (Å²) in [5, 5.41) is 0. The second-order valence-electron chi connectivity index (χ2n) is 10.2. The third-order valence-corrected chi connectivity index (χ3v) is 10.7. The zero-order valence-corrected chi connectivity index (χ0v) is 36.5. The van der Waals surface area contributed by atoms with E-state index in [0.717, 1.165) is 23.0 Å². The number of rotatable bonds is 12. The van der Waals surface area contributed by atoms with Crippen LogP contribution in [0.1, 0.15) is 22.3 Å². The van der Waals surface area contributed by atoms with Crippen molar-refractivity contribution >= 4 is 47.0 Å². The molecule has 2 aromatic carbocycles. The molecule has 0 aliphatic heterocycles. The molecule has 6 aromatic rings. The summed E-state index contributed by atoms with van der Waals surface area (Å²) in [7, 11) is -9.89. The van der Waals surface area contributed by atoms with E-state index in [2.05, 4.69) is 117 Å². The molecular formula is C36H32Ag2Cl2N4O8S4. The van der Waals surface area contributed by atoms with Gasteiger partial charge in [0.25, 0.3) is 0 Å². The van der Waals surface area contributed by atoms with E-state index in [1.54, 1.807) is 0 Å². The molecule has 0 radical (unpaired) electrons. The minimum absolute atomic E-state index is 0. The Morgan fingerprint density at radius 2 is 0.482 bits per heavy atom. The summed E-state index contributed by atoms with van der Waals surface area (Å²) in [5.74, 6) is 3.93. The smallest absolute Gasteiger partial charge is 0.265 e. The minimum atomic E-state index is -4.94. The summed E-state index contributed by atoms with van der Waals surface area (Å²) in [4.78, 5) is 21.3. The van der Waals surface area contributed by atoms with Gasteiger partial charge in [0.2, 0.25) is 0 Å². The van der Waals surface area contributed by atoms with Crippen molar-refractivity contribution in [2.45, 2.75) is 42.6 Å². The maximum atomic E-state index is 8.49. The number of nitrogens with zero attached hydrogens (tertiary/aromatic N) is 4. The summed E-state index contributed by atoms with van der Waals surface area (Å²) < 4.78 is 67.9. The number of hydrogen-bond acceptors (Lipinski definition) is 16. The van der Waals surface area contributed by atoms with Gasteiger partial charge in [0.15, 0.2) is 0 Å². The van der Waals surface area contributed by atoms with Gasteiger partial charge < -0.3 is 0 Å². The first-order valence-electron chi connectivity index (χ1n) is 15.3. The Balaban J connectivity index is 0.000000439. The third kappa shape index (κ3) is 26.2. The summed E-state index contributed by atoms with van der Waals surface area (Å²) in [6.45, 7) is 0. The van der Waals surface area contributed by atoms with Crippen LogP contribution in [0.25, 0.3) is 0 Å². The molecule has 0 spiro atoms. The van der Waals surface area contributed by atoms with Crippen LogP contribution in [0.3, 0.4) is 0 Å². The van der Waals surface area contributed by atoms with E-state index in [0.29, 0.717) is 0 Å². The van der Waals surface area contributed by atoms with Gasteiger partial charge in [-0.25, -0.2) is 37.3 Å². The van der Waals surface area contributed by atoms with E-state index >= 15 is 0 Å². The van der Waals surface area contributed by atoms with E-state index in [1.807, 2.05) is 96.6 Å². The van der Waals surface area contributed by atoms with Crippen molar-refractivity contribution in [3.63, 3.8) is 0 Å². The molecule has 20 heteroatoms. The van der Waals surface area contributed by atoms with Gasteiger partial charge in [-0.2, -0.15) is 0 Å². The fourth-order valence-electron chi connectivity index (χ4n) is 4.06. The average Bonchev–Trinajstić information content (AvgIpc) is 3.16. The SMILES string of the molecule is [Ag+].[Ag+].[O-][Cl+3]([O-])([O-])[O-].[O-][Cl+3]([O-])([O-])[O-].c1ccc(CSc2ccncc2)c(CSc2ccncc2)c1.c1ccc(CSc2ccncc2)c(CSc2ccncc2)c1. The topological polar surface area (TPSA) is 236 Å². The van der Waals surface area contributed by atoms with Crippen LogP contribution in [0, 0.1) is 20.5 Å². The Morgan fingerprint density at radius 3 is 0.643 bits per heavy atom. The number of hydrogen-bond donors (Lipinski definition) is 0. The molecular weight excluding hydrogens is 1030 g/mol. The van der Waals surface area contributed by atoms with Crippen LogP contribution in [0.15, 0.2) is 166 Å². The number of benzene rings is 2. The van der Waals surface area contributed by atoms with Crippen LogP contribution in [-0.4, -0.2) is 19.9 Å². The molecule has 0 atom stereocenters. The van der Waals surface area contributed by atoms with E-state index in [-0.39, 0.29) is 44.8 Å². The standard InChI is InChI=1S/2C18H16N2S2.2Ag.2ClHO4/c2*1-2-4-16(14-22-18-7-11-20-12-8-18)15(3-1)13-21-17-5-9-19-10-6-17;;;2*2-1(3,4)5/h2*1-12H,13-14H2;;;2*(H,2,3,4,5)/q;;2*+1;;/p-2. The van der Waals surface area contributed by atoms with E-state index < -0.39 is 20.5 Å². The molecule has 12 nitrogen and oxygen atoms in total.